The van der Waals surface area contributed by atoms with Gasteiger partial charge < -0.3 is 5.11 Å². The van der Waals surface area contributed by atoms with Crippen molar-refractivity contribution in [2.75, 3.05) is 0 Å². The number of aromatic hydroxyl groups is 1. The number of aryl methyl sites for hydroxylation is 1. The summed E-state index contributed by atoms with van der Waals surface area (Å²) in [6.45, 7) is 2.16. The van der Waals surface area contributed by atoms with E-state index in [4.69, 9.17) is 11.6 Å². The molecule has 1 aliphatic rings. The van der Waals surface area contributed by atoms with E-state index in [0.717, 1.165) is 22.9 Å². The van der Waals surface area contributed by atoms with Crippen molar-refractivity contribution in [2.24, 2.45) is 0 Å². The summed E-state index contributed by atoms with van der Waals surface area (Å²) < 4.78 is 0.667. The Balaban J connectivity index is 1.90. The third-order valence-electron chi connectivity index (χ3n) is 3.81. The molecule has 128 valence electrons. The van der Waals surface area contributed by atoms with Crippen LogP contribution in [0.25, 0.3) is 6.08 Å². The van der Waals surface area contributed by atoms with Crippen LogP contribution in [0.15, 0.2) is 45.8 Å². The Hall–Kier alpha value is -1.76. The second-order valence-electron chi connectivity index (χ2n) is 5.52. The van der Waals surface area contributed by atoms with Gasteiger partial charge in [0.15, 0.2) is 0 Å². The second kappa shape index (κ2) is 7.23. The lowest BCUT2D eigenvalue weighted by molar-refractivity contribution is -0.123. The van der Waals surface area contributed by atoms with Crippen LogP contribution in [0.3, 0.4) is 0 Å². The molecule has 4 nitrogen and oxygen atoms in total. The molecule has 2 aromatic carbocycles. The van der Waals surface area contributed by atoms with Gasteiger partial charge in [0.05, 0.1) is 16.5 Å². The zero-order valence-electron chi connectivity index (χ0n) is 13.1. The van der Waals surface area contributed by atoms with E-state index in [1.807, 2.05) is 31.2 Å². The number of hydrogen-bond acceptors (Lipinski definition) is 4. The smallest absolute Gasteiger partial charge is 0.293 e. The summed E-state index contributed by atoms with van der Waals surface area (Å²) in [7, 11) is 0. The Morgan fingerprint density at radius 2 is 2.00 bits per heavy atom. The summed E-state index contributed by atoms with van der Waals surface area (Å²) in [6, 6.07) is 10.8. The standard InChI is InChI=1S/C18H13BrClNO3S/c1-10-4-2-3-5-11(10)9-21-17(23)15(25-18(21)24)7-12-6-13(19)8-14(20)16(12)22/h2-8,22H,9H2,1H3/b15-7-. The van der Waals surface area contributed by atoms with Crippen LogP contribution >= 0.6 is 39.3 Å². The SMILES string of the molecule is Cc1ccccc1CN1C(=O)S/C(=C\c2cc(Br)cc(Cl)c2O)C1=O. The van der Waals surface area contributed by atoms with E-state index >= 15 is 0 Å². The molecule has 0 spiro atoms. The van der Waals surface area contributed by atoms with Crippen molar-refractivity contribution in [2.45, 2.75) is 13.5 Å². The van der Waals surface area contributed by atoms with E-state index in [-0.39, 0.29) is 33.4 Å². The number of benzene rings is 2. The fourth-order valence-electron chi connectivity index (χ4n) is 2.43. The predicted molar refractivity (Wildman–Crippen MR) is 104 cm³/mol. The molecule has 1 heterocycles. The Morgan fingerprint density at radius 1 is 1.28 bits per heavy atom. The minimum atomic E-state index is -0.381. The molecule has 0 aliphatic carbocycles. The van der Waals surface area contributed by atoms with Gasteiger partial charge in [0, 0.05) is 10.0 Å². The maximum atomic E-state index is 12.6. The van der Waals surface area contributed by atoms with Gasteiger partial charge >= 0.3 is 0 Å². The summed E-state index contributed by atoms with van der Waals surface area (Å²) in [5, 5.41) is 9.89. The van der Waals surface area contributed by atoms with Gasteiger partial charge in [-0.25, -0.2) is 0 Å². The lowest BCUT2D eigenvalue weighted by Crippen LogP contribution is -2.27. The molecule has 0 bridgehead atoms. The first kappa shape index (κ1) is 18.0. The molecule has 1 N–H and O–H groups in total. The van der Waals surface area contributed by atoms with Gasteiger partial charge in [-0.2, -0.15) is 0 Å². The quantitative estimate of drug-likeness (QED) is 0.656. The van der Waals surface area contributed by atoms with Crippen LogP contribution in [0.1, 0.15) is 16.7 Å². The van der Waals surface area contributed by atoms with E-state index in [1.165, 1.54) is 11.0 Å². The first-order valence-corrected chi connectivity index (χ1v) is 9.33. The lowest BCUT2D eigenvalue weighted by Gasteiger charge is -2.14. The first-order chi connectivity index (χ1) is 11.9. The molecule has 2 aromatic rings. The van der Waals surface area contributed by atoms with Crippen LogP contribution < -0.4 is 0 Å². The van der Waals surface area contributed by atoms with Gasteiger partial charge in [0.1, 0.15) is 5.75 Å². The Kier molecular flexibility index (Phi) is 5.22. The molecule has 25 heavy (non-hydrogen) atoms. The zero-order chi connectivity index (χ0) is 18.1. The van der Waals surface area contributed by atoms with Crippen molar-refractivity contribution in [3.05, 3.63) is 67.5 Å². The highest BCUT2D eigenvalue weighted by Gasteiger charge is 2.35. The summed E-state index contributed by atoms with van der Waals surface area (Å²) in [5.74, 6) is -0.510. The number of rotatable bonds is 3. The van der Waals surface area contributed by atoms with Gasteiger partial charge in [0.2, 0.25) is 0 Å². The van der Waals surface area contributed by atoms with Crippen molar-refractivity contribution in [1.29, 1.82) is 0 Å². The molecule has 0 atom stereocenters. The first-order valence-electron chi connectivity index (χ1n) is 7.34. The molecule has 3 rings (SSSR count). The minimum absolute atomic E-state index is 0.129. The van der Waals surface area contributed by atoms with E-state index < -0.39 is 0 Å². The Labute approximate surface area is 162 Å². The average Bonchev–Trinajstić information content (AvgIpc) is 2.81. The van der Waals surface area contributed by atoms with Crippen molar-refractivity contribution < 1.29 is 14.7 Å². The number of nitrogens with zero attached hydrogens (tertiary/aromatic N) is 1. The number of halogens is 2. The van der Waals surface area contributed by atoms with Crippen LogP contribution in [0.5, 0.6) is 5.75 Å². The highest BCUT2D eigenvalue weighted by Crippen LogP contribution is 2.37. The topological polar surface area (TPSA) is 57.6 Å². The molecule has 1 aliphatic heterocycles. The average molecular weight is 439 g/mol. The third kappa shape index (κ3) is 3.76. The fourth-order valence-corrected chi connectivity index (χ4v) is 4.09. The Bertz CT molecular complexity index is 913. The van der Waals surface area contributed by atoms with E-state index in [9.17, 15) is 14.7 Å². The van der Waals surface area contributed by atoms with Gasteiger partial charge in [-0.3, -0.25) is 14.5 Å². The number of carbonyl (C=O) groups excluding carboxylic acids is 2. The van der Waals surface area contributed by atoms with Gasteiger partial charge in [0.25, 0.3) is 11.1 Å². The summed E-state index contributed by atoms with van der Waals surface area (Å²) in [4.78, 5) is 26.3. The van der Waals surface area contributed by atoms with Gasteiger partial charge in [-0.15, -0.1) is 0 Å². The van der Waals surface area contributed by atoms with Crippen LogP contribution in [-0.2, 0) is 11.3 Å². The van der Waals surface area contributed by atoms with Crippen molar-refractivity contribution in [1.82, 2.24) is 4.90 Å². The minimum Gasteiger partial charge on any atom is -0.506 e. The fraction of sp³-hybridized carbons (Fsp3) is 0.111. The molecule has 1 saturated heterocycles. The maximum absolute atomic E-state index is 12.6. The van der Waals surface area contributed by atoms with Crippen LogP contribution in [0.4, 0.5) is 4.79 Å². The number of phenols is 1. The summed E-state index contributed by atoms with van der Waals surface area (Å²) in [6.07, 6.45) is 1.48. The molecule has 0 aromatic heterocycles. The highest BCUT2D eigenvalue weighted by atomic mass is 79.9. The summed E-state index contributed by atoms with van der Waals surface area (Å²) >= 11 is 10.1. The van der Waals surface area contributed by atoms with Crippen molar-refractivity contribution >= 4 is 56.5 Å². The maximum Gasteiger partial charge on any atom is 0.293 e. The number of carbonyl (C=O) groups is 2. The predicted octanol–water partition coefficient (Wildman–Crippen LogP) is 5.35. The number of phenolic OH excluding ortho intramolecular Hbond substituents is 1. The van der Waals surface area contributed by atoms with E-state index in [1.54, 1.807) is 12.1 Å². The number of amides is 2. The molecule has 0 saturated carbocycles. The van der Waals surface area contributed by atoms with Crippen LogP contribution in [0.2, 0.25) is 5.02 Å². The number of thioether (sulfide) groups is 1. The molecule has 7 heteroatoms. The van der Waals surface area contributed by atoms with Crippen molar-refractivity contribution in [3.8, 4) is 5.75 Å². The van der Waals surface area contributed by atoms with E-state index in [2.05, 4.69) is 15.9 Å². The van der Waals surface area contributed by atoms with Gasteiger partial charge in [-0.05, 0) is 48.0 Å². The van der Waals surface area contributed by atoms with Gasteiger partial charge in [-0.1, -0.05) is 51.8 Å². The molecule has 0 unspecified atom stereocenters. The van der Waals surface area contributed by atoms with Crippen LogP contribution in [-0.4, -0.2) is 21.2 Å². The monoisotopic (exact) mass is 437 g/mol. The second-order valence-corrected chi connectivity index (χ2v) is 7.84. The molecule has 2 amide bonds. The van der Waals surface area contributed by atoms with E-state index in [0.29, 0.717) is 10.0 Å². The normalized spacial score (nSPS) is 16.1. The van der Waals surface area contributed by atoms with Crippen LogP contribution in [0, 0.1) is 6.92 Å². The molecule has 1 fully saturated rings. The Morgan fingerprint density at radius 3 is 2.72 bits per heavy atom. The molecule has 0 radical (unpaired) electrons. The summed E-state index contributed by atoms with van der Waals surface area (Å²) in [5.41, 5.74) is 2.31. The highest BCUT2D eigenvalue weighted by molar-refractivity contribution is 9.10. The number of hydrogen-bond donors (Lipinski definition) is 1. The van der Waals surface area contributed by atoms with Crippen molar-refractivity contribution in [3.63, 3.8) is 0 Å². The number of imide groups is 1. The molecular formula is C18H13BrClNO3S. The largest absolute Gasteiger partial charge is 0.506 e. The third-order valence-corrected chi connectivity index (χ3v) is 5.46. The zero-order valence-corrected chi connectivity index (χ0v) is 16.3. The lowest BCUT2D eigenvalue weighted by atomic mass is 10.1. The molecular weight excluding hydrogens is 426 g/mol.